The Morgan fingerprint density at radius 2 is 2.33 bits per heavy atom. The SMILES string of the molecule is Cc1c(N)ccc(=O)n1C1CCCOC1. The van der Waals surface area contributed by atoms with E-state index in [-0.39, 0.29) is 11.6 Å². The maximum atomic E-state index is 11.7. The highest BCUT2D eigenvalue weighted by atomic mass is 16.5. The zero-order valence-corrected chi connectivity index (χ0v) is 8.90. The third-order valence-electron chi connectivity index (χ3n) is 2.92. The lowest BCUT2D eigenvalue weighted by molar-refractivity contribution is 0.0574. The summed E-state index contributed by atoms with van der Waals surface area (Å²) >= 11 is 0. The zero-order valence-electron chi connectivity index (χ0n) is 8.90. The molecule has 0 radical (unpaired) electrons. The molecule has 0 aliphatic carbocycles. The minimum Gasteiger partial charge on any atom is -0.397 e. The van der Waals surface area contributed by atoms with Crippen LogP contribution in [-0.2, 0) is 4.74 Å². The molecule has 1 aliphatic rings. The summed E-state index contributed by atoms with van der Waals surface area (Å²) in [7, 11) is 0. The number of ether oxygens (including phenoxy) is 1. The zero-order chi connectivity index (χ0) is 10.8. The summed E-state index contributed by atoms with van der Waals surface area (Å²) in [5.74, 6) is 0. The van der Waals surface area contributed by atoms with Gasteiger partial charge in [0.1, 0.15) is 0 Å². The molecular formula is C11H16N2O2. The maximum Gasteiger partial charge on any atom is 0.251 e. The van der Waals surface area contributed by atoms with E-state index in [1.807, 2.05) is 6.92 Å². The minimum absolute atomic E-state index is 0.0113. The Morgan fingerprint density at radius 1 is 1.53 bits per heavy atom. The second kappa shape index (κ2) is 4.06. The second-order valence-electron chi connectivity index (χ2n) is 3.95. The van der Waals surface area contributed by atoms with E-state index in [0.717, 1.165) is 25.1 Å². The summed E-state index contributed by atoms with van der Waals surface area (Å²) in [6.45, 7) is 3.29. The average molecular weight is 208 g/mol. The van der Waals surface area contributed by atoms with Crippen LogP contribution in [0.5, 0.6) is 0 Å². The summed E-state index contributed by atoms with van der Waals surface area (Å²) < 4.78 is 7.14. The van der Waals surface area contributed by atoms with E-state index < -0.39 is 0 Å². The Bertz CT molecular complexity index is 406. The first-order valence-electron chi connectivity index (χ1n) is 5.25. The van der Waals surface area contributed by atoms with Crippen molar-refractivity contribution < 1.29 is 4.74 Å². The average Bonchev–Trinajstić information content (AvgIpc) is 2.26. The molecule has 1 aromatic rings. The summed E-state index contributed by atoms with van der Waals surface area (Å²) in [6, 6.07) is 3.34. The molecule has 2 rings (SSSR count). The van der Waals surface area contributed by atoms with Crippen LogP contribution in [0.1, 0.15) is 24.6 Å². The molecule has 4 nitrogen and oxygen atoms in total. The van der Waals surface area contributed by atoms with Gasteiger partial charge >= 0.3 is 0 Å². The highest BCUT2D eigenvalue weighted by molar-refractivity contribution is 5.42. The molecular weight excluding hydrogens is 192 g/mol. The number of pyridine rings is 1. The number of nitrogens with zero attached hydrogens (tertiary/aromatic N) is 1. The number of anilines is 1. The second-order valence-corrected chi connectivity index (χ2v) is 3.95. The molecule has 15 heavy (non-hydrogen) atoms. The number of hydrogen-bond acceptors (Lipinski definition) is 3. The number of aromatic nitrogens is 1. The molecule has 0 amide bonds. The molecule has 82 valence electrons. The smallest absolute Gasteiger partial charge is 0.251 e. The Labute approximate surface area is 88.7 Å². The summed E-state index contributed by atoms with van der Waals surface area (Å²) in [5.41, 5.74) is 7.32. The van der Waals surface area contributed by atoms with Gasteiger partial charge in [0.2, 0.25) is 0 Å². The van der Waals surface area contributed by atoms with Crippen LogP contribution in [0.4, 0.5) is 5.69 Å². The van der Waals surface area contributed by atoms with Gasteiger partial charge in [-0.25, -0.2) is 0 Å². The fraction of sp³-hybridized carbons (Fsp3) is 0.545. The monoisotopic (exact) mass is 208 g/mol. The molecule has 1 unspecified atom stereocenters. The van der Waals surface area contributed by atoms with Crippen LogP contribution in [0.3, 0.4) is 0 Å². The number of hydrogen-bond donors (Lipinski definition) is 1. The third-order valence-corrected chi connectivity index (χ3v) is 2.92. The lowest BCUT2D eigenvalue weighted by atomic mass is 10.1. The van der Waals surface area contributed by atoms with E-state index in [0.29, 0.717) is 12.3 Å². The standard InChI is InChI=1S/C11H16N2O2/c1-8-10(12)4-5-11(14)13(8)9-3-2-6-15-7-9/h4-5,9H,2-3,6-7,12H2,1H3. The summed E-state index contributed by atoms with van der Waals surface area (Å²) in [4.78, 5) is 11.7. The molecule has 1 aromatic heterocycles. The van der Waals surface area contributed by atoms with Gasteiger partial charge in [-0.15, -0.1) is 0 Å². The quantitative estimate of drug-likeness (QED) is 0.751. The van der Waals surface area contributed by atoms with Gasteiger partial charge in [0.05, 0.1) is 18.3 Å². The van der Waals surface area contributed by atoms with Crippen molar-refractivity contribution >= 4 is 5.69 Å². The van der Waals surface area contributed by atoms with Crippen LogP contribution in [0.15, 0.2) is 16.9 Å². The molecule has 1 saturated heterocycles. The Kier molecular flexibility index (Phi) is 2.77. The van der Waals surface area contributed by atoms with Gasteiger partial charge in [-0.05, 0) is 25.8 Å². The van der Waals surface area contributed by atoms with Gasteiger partial charge in [0.15, 0.2) is 0 Å². The Balaban J connectivity index is 2.41. The number of nitrogen functional groups attached to an aromatic ring is 1. The van der Waals surface area contributed by atoms with Crippen molar-refractivity contribution in [2.24, 2.45) is 0 Å². The molecule has 1 fully saturated rings. The first kappa shape index (κ1) is 10.2. The van der Waals surface area contributed by atoms with E-state index in [2.05, 4.69) is 0 Å². The highest BCUT2D eigenvalue weighted by Gasteiger charge is 2.18. The van der Waals surface area contributed by atoms with Crippen molar-refractivity contribution in [3.63, 3.8) is 0 Å². The predicted molar refractivity (Wildman–Crippen MR) is 58.9 cm³/mol. The fourth-order valence-corrected chi connectivity index (χ4v) is 2.05. The van der Waals surface area contributed by atoms with Crippen LogP contribution in [-0.4, -0.2) is 17.8 Å². The maximum absolute atomic E-state index is 11.7. The van der Waals surface area contributed by atoms with Crippen LogP contribution in [0.25, 0.3) is 0 Å². The minimum atomic E-state index is 0.0113. The van der Waals surface area contributed by atoms with Crippen molar-refractivity contribution in [3.8, 4) is 0 Å². The van der Waals surface area contributed by atoms with Crippen molar-refractivity contribution in [1.82, 2.24) is 4.57 Å². The molecule has 0 spiro atoms. The first-order chi connectivity index (χ1) is 7.20. The molecule has 2 heterocycles. The van der Waals surface area contributed by atoms with Crippen LogP contribution in [0.2, 0.25) is 0 Å². The third kappa shape index (κ3) is 1.90. The first-order valence-corrected chi connectivity index (χ1v) is 5.25. The van der Waals surface area contributed by atoms with Crippen LogP contribution < -0.4 is 11.3 Å². The molecule has 1 aliphatic heterocycles. The van der Waals surface area contributed by atoms with E-state index >= 15 is 0 Å². The predicted octanol–water partition coefficient (Wildman–Crippen LogP) is 1.09. The lowest BCUT2D eigenvalue weighted by Gasteiger charge is -2.26. The molecule has 4 heteroatoms. The van der Waals surface area contributed by atoms with Gasteiger partial charge in [0, 0.05) is 18.4 Å². The van der Waals surface area contributed by atoms with Crippen molar-refractivity contribution in [3.05, 3.63) is 28.2 Å². The van der Waals surface area contributed by atoms with E-state index in [1.165, 1.54) is 6.07 Å². The van der Waals surface area contributed by atoms with Gasteiger partial charge in [-0.1, -0.05) is 0 Å². The van der Waals surface area contributed by atoms with Gasteiger partial charge < -0.3 is 15.0 Å². The van der Waals surface area contributed by atoms with Gasteiger partial charge in [-0.3, -0.25) is 4.79 Å². The van der Waals surface area contributed by atoms with Crippen molar-refractivity contribution in [2.45, 2.75) is 25.8 Å². The van der Waals surface area contributed by atoms with Crippen LogP contribution in [0, 0.1) is 6.92 Å². The topological polar surface area (TPSA) is 57.2 Å². The summed E-state index contributed by atoms with van der Waals surface area (Å²) in [6.07, 6.45) is 2.00. The molecule has 0 saturated carbocycles. The van der Waals surface area contributed by atoms with Crippen molar-refractivity contribution in [2.75, 3.05) is 18.9 Å². The summed E-state index contributed by atoms with van der Waals surface area (Å²) in [5, 5.41) is 0. The highest BCUT2D eigenvalue weighted by Crippen LogP contribution is 2.20. The molecule has 0 bridgehead atoms. The molecule has 2 N–H and O–H groups in total. The van der Waals surface area contributed by atoms with E-state index in [4.69, 9.17) is 10.5 Å². The number of nitrogens with two attached hydrogens (primary N) is 1. The molecule has 0 aromatic carbocycles. The van der Waals surface area contributed by atoms with Crippen LogP contribution >= 0.6 is 0 Å². The Morgan fingerprint density at radius 3 is 3.00 bits per heavy atom. The van der Waals surface area contributed by atoms with E-state index in [9.17, 15) is 4.79 Å². The number of rotatable bonds is 1. The van der Waals surface area contributed by atoms with Gasteiger partial charge in [-0.2, -0.15) is 0 Å². The largest absolute Gasteiger partial charge is 0.397 e. The lowest BCUT2D eigenvalue weighted by Crippen LogP contribution is -2.32. The van der Waals surface area contributed by atoms with Crippen molar-refractivity contribution in [1.29, 1.82) is 0 Å². The fourth-order valence-electron chi connectivity index (χ4n) is 2.05. The molecule has 1 atom stereocenters. The normalized spacial score (nSPS) is 21.5. The van der Waals surface area contributed by atoms with Gasteiger partial charge in [0.25, 0.3) is 5.56 Å². The Hall–Kier alpha value is -1.29. The van der Waals surface area contributed by atoms with E-state index in [1.54, 1.807) is 10.6 Å².